The van der Waals surface area contributed by atoms with E-state index in [4.69, 9.17) is 9.47 Å². The van der Waals surface area contributed by atoms with E-state index < -0.39 is 17.4 Å². The van der Waals surface area contributed by atoms with Crippen LogP contribution in [0.3, 0.4) is 0 Å². The summed E-state index contributed by atoms with van der Waals surface area (Å²) in [6.45, 7) is -0.0256. The molecule has 1 unspecified atom stereocenters. The first-order valence-corrected chi connectivity index (χ1v) is 8.59. The smallest absolute Gasteiger partial charge is 0.313 e. The zero-order valence-corrected chi connectivity index (χ0v) is 15.2. The van der Waals surface area contributed by atoms with E-state index in [0.29, 0.717) is 23.6 Å². The molecule has 142 valence electrons. The Morgan fingerprint density at radius 3 is 2.56 bits per heavy atom. The van der Waals surface area contributed by atoms with Crippen molar-refractivity contribution in [2.24, 2.45) is 0 Å². The molecule has 1 aliphatic carbocycles. The van der Waals surface area contributed by atoms with E-state index in [0.717, 1.165) is 17.5 Å². The Kier molecular flexibility index (Phi) is 5.32. The number of rotatable bonds is 5. The molecule has 1 atom stereocenters. The maximum atomic E-state index is 12.1. The van der Waals surface area contributed by atoms with Crippen LogP contribution in [0, 0.1) is 0 Å². The van der Waals surface area contributed by atoms with Crippen LogP contribution in [0.5, 0.6) is 11.5 Å². The zero-order valence-electron chi connectivity index (χ0n) is 15.2. The Morgan fingerprint density at radius 2 is 1.81 bits per heavy atom. The molecular formula is C20H22N2O5. The van der Waals surface area contributed by atoms with Crippen LogP contribution in [-0.2, 0) is 21.6 Å². The van der Waals surface area contributed by atoms with Crippen molar-refractivity contribution in [2.75, 3.05) is 26.1 Å². The van der Waals surface area contributed by atoms with Gasteiger partial charge in [-0.3, -0.25) is 9.59 Å². The van der Waals surface area contributed by atoms with Gasteiger partial charge in [-0.2, -0.15) is 0 Å². The van der Waals surface area contributed by atoms with Gasteiger partial charge in [0.05, 0.1) is 20.8 Å². The number of nitrogens with one attached hydrogen (secondary N) is 2. The molecule has 0 aliphatic heterocycles. The third kappa shape index (κ3) is 3.88. The quantitative estimate of drug-likeness (QED) is 0.695. The molecule has 0 fully saturated rings. The first kappa shape index (κ1) is 18.7. The second-order valence-electron chi connectivity index (χ2n) is 6.40. The molecule has 3 rings (SSSR count). The standard InChI is InChI=1S/C20H22N2O5/c1-26-16-8-7-14(11-17(16)27-2)22-19(24)18(23)21-12-20(25)10-9-13-5-3-4-6-15(13)20/h3-8,11,25H,9-10,12H2,1-2H3,(H,21,23)(H,22,24). The van der Waals surface area contributed by atoms with Crippen molar-refractivity contribution in [3.8, 4) is 11.5 Å². The summed E-state index contributed by atoms with van der Waals surface area (Å²) >= 11 is 0. The average Bonchev–Trinajstić information content (AvgIpc) is 3.03. The molecule has 0 saturated carbocycles. The highest BCUT2D eigenvalue weighted by atomic mass is 16.5. The van der Waals surface area contributed by atoms with Gasteiger partial charge in [0.25, 0.3) is 0 Å². The minimum Gasteiger partial charge on any atom is -0.493 e. The molecule has 2 aromatic rings. The molecule has 0 saturated heterocycles. The number of carbonyl (C=O) groups is 2. The molecule has 3 N–H and O–H groups in total. The maximum absolute atomic E-state index is 12.1. The minimum absolute atomic E-state index is 0.0256. The predicted octanol–water partition coefficient (Wildman–Crippen LogP) is 1.59. The number of fused-ring (bicyclic) bond motifs is 1. The lowest BCUT2D eigenvalue weighted by Crippen LogP contribution is -2.43. The highest BCUT2D eigenvalue weighted by Gasteiger charge is 2.37. The van der Waals surface area contributed by atoms with E-state index in [1.165, 1.54) is 14.2 Å². The van der Waals surface area contributed by atoms with Crippen LogP contribution in [0.25, 0.3) is 0 Å². The van der Waals surface area contributed by atoms with Gasteiger partial charge in [0.2, 0.25) is 0 Å². The number of methoxy groups -OCH3 is 2. The lowest BCUT2D eigenvalue weighted by Gasteiger charge is -2.24. The van der Waals surface area contributed by atoms with Gasteiger partial charge in [0.15, 0.2) is 11.5 Å². The molecule has 0 aromatic heterocycles. The number of aryl methyl sites for hydroxylation is 1. The van der Waals surface area contributed by atoms with E-state index >= 15 is 0 Å². The summed E-state index contributed by atoms with van der Waals surface area (Å²) < 4.78 is 10.3. The molecule has 0 spiro atoms. The number of benzene rings is 2. The second kappa shape index (κ2) is 7.67. The van der Waals surface area contributed by atoms with Crippen molar-refractivity contribution in [2.45, 2.75) is 18.4 Å². The van der Waals surface area contributed by atoms with Crippen molar-refractivity contribution < 1.29 is 24.2 Å². The Morgan fingerprint density at radius 1 is 1.07 bits per heavy atom. The van der Waals surface area contributed by atoms with Gasteiger partial charge in [-0.1, -0.05) is 24.3 Å². The molecule has 0 bridgehead atoms. The lowest BCUT2D eigenvalue weighted by molar-refractivity contribution is -0.136. The Balaban J connectivity index is 1.61. The molecule has 2 aromatic carbocycles. The third-order valence-corrected chi connectivity index (χ3v) is 4.72. The fourth-order valence-electron chi connectivity index (χ4n) is 3.26. The molecule has 1 aliphatic rings. The number of anilines is 1. The van der Waals surface area contributed by atoms with Crippen LogP contribution >= 0.6 is 0 Å². The molecular weight excluding hydrogens is 348 g/mol. The molecule has 0 heterocycles. The topological polar surface area (TPSA) is 96.9 Å². The summed E-state index contributed by atoms with van der Waals surface area (Å²) in [5.41, 5.74) is 1.10. The summed E-state index contributed by atoms with van der Waals surface area (Å²) in [7, 11) is 2.99. The van der Waals surface area contributed by atoms with Crippen LogP contribution in [0.15, 0.2) is 42.5 Å². The van der Waals surface area contributed by atoms with E-state index in [1.54, 1.807) is 18.2 Å². The van der Waals surface area contributed by atoms with E-state index in [-0.39, 0.29) is 6.54 Å². The second-order valence-corrected chi connectivity index (χ2v) is 6.40. The summed E-state index contributed by atoms with van der Waals surface area (Å²) in [4.78, 5) is 24.3. The van der Waals surface area contributed by atoms with Gasteiger partial charge in [0.1, 0.15) is 5.60 Å². The largest absolute Gasteiger partial charge is 0.493 e. The minimum atomic E-state index is -1.16. The van der Waals surface area contributed by atoms with Crippen LogP contribution < -0.4 is 20.1 Å². The number of hydrogen-bond donors (Lipinski definition) is 3. The number of carbonyl (C=O) groups excluding carboxylic acids is 2. The van der Waals surface area contributed by atoms with Gasteiger partial charge >= 0.3 is 11.8 Å². The van der Waals surface area contributed by atoms with E-state index in [1.807, 2.05) is 24.3 Å². The molecule has 7 nitrogen and oxygen atoms in total. The van der Waals surface area contributed by atoms with Gasteiger partial charge < -0.3 is 25.2 Å². The summed E-state index contributed by atoms with van der Waals surface area (Å²) in [5.74, 6) is -0.686. The zero-order chi connectivity index (χ0) is 19.4. The fourth-order valence-corrected chi connectivity index (χ4v) is 3.26. The Labute approximate surface area is 157 Å². The van der Waals surface area contributed by atoms with Gasteiger partial charge in [-0.25, -0.2) is 0 Å². The summed E-state index contributed by atoms with van der Waals surface area (Å²) in [5, 5.41) is 15.8. The number of amides is 2. The normalized spacial score (nSPS) is 17.7. The first-order valence-electron chi connectivity index (χ1n) is 8.59. The molecule has 2 amide bonds. The SMILES string of the molecule is COc1ccc(NC(=O)C(=O)NCC2(O)CCc3ccccc32)cc1OC. The number of ether oxygens (including phenoxy) is 2. The third-order valence-electron chi connectivity index (χ3n) is 4.72. The van der Waals surface area contributed by atoms with Crippen LogP contribution in [0.2, 0.25) is 0 Å². The van der Waals surface area contributed by atoms with Crippen molar-refractivity contribution in [1.82, 2.24) is 5.32 Å². The Hall–Kier alpha value is -3.06. The lowest BCUT2D eigenvalue weighted by atomic mass is 9.96. The van der Waals surface area contributed by atoms with Gasteiger partial charge in [-0.05, 0) is 36.1 Å². The molecule has 27 heavy (non-hydrogen) atoms. The van der Waals surface area contributed by atoms with Crippen molar-refractivity contribution in [3.63, 3.8) is 0 Å². The van der Waals surface area contributed by atoms with Crippen LogP contribution in [0.4, 0.5) is 5.69 Å². The Bertz CT molecular complexity index is 867. The van der Waals surface area contributed by atoms with E-state index in [2.05, 4.69) is 10.6 Å². The van der Waals surface area contributed by atoms with Crippen LogP contribution in [-0.4, -0.2) is 37.7 Å². The highest BCUT2D eigenvalue weighted by molar-refractivity contribution is 6.39. The molecule has 0 radical (unpaired) electrons. The number of aliphatic hydroxyl groups is 1. The van der Waals surface area contributed by atoms with Gasteiger partial charge in [-0.15, -0.1) is 0 Å². The van der Waals surface area contributed by atoms with Crippen molar-refractivity contribution >= 4 is 17.5 Å². The van der Waals surface area contributed by atoms with Crippen molar-refractivity contribution in [3.05, 3.63) is 53.6 Å². The first-order chi connectivity index (χ1) is 13.0. The van der Waals surface area contributed by atoms with E-state index in [9.17, 15) is 14.7 Å². The van der Waals surface area contributed by atoms with Gasteiger partial charge in [0, 0.05) is 11.8 Å². The monoisotopic (exact) mass is 370 g/mol. The summed E-state index contributed by atoms with van der Waals surface area (Å²) in [6.07, 6.45) is 1.24. The highest BCUT2D eigenvalue weighted by Crippen LogP contribution is 2.36. The van der Waals surface area contributed by atoms with Crippen LogP contribution in [0.1, 0.15) is 17.5 Å². The fraction of sp³-hybridized carbons (Fsp3) is 0.300. The summed E-state index contributed by atoms with van der Waals surface area (Å²) in [6, 6.07) is 12.4. The maximum Gasteiger partial charge on any atom is 0.313 e. The molecule has 7 heteroatoms. The average molecular weight is 370 g/mol. The van der Waals surface area contributed by atoms with Crippen molar-refractivity contribution in [1.29, 1.82) is 0 Å². The predicted molar refractivity (Wildman–Crippen MR) is 99.8 cm³/mol. The number of hydrogen-bond acceptors (Lipinski definition) is 5.